The van der Waals surface area contributed by atoms with Crippen molar-refractivity contribution in [3.8, 4) is 0 Å². The number of aromatic nitrogens is 2. The summed E-state index contributed by atoms with van der Waals surface area (Å²) in [6, 6.07) is 1.47. The van der Waals surface area contributed by atoms with Gasteiger partial charge >= 0.3 is 0 Å². The molecule has 0 unspecified atom stereocenters. The lowest BCUT2D eigenvalue weighted by Crippen LogP contribution is -2.39. The van der Waals surface area contributed by atoms with E-state index in [1.54, 1.807) is 6.07 Å². The lowest BCUT2D eigenvalue weighted by atomic mass is 10.1. The van der Waals surface area contributed by atoms with Crippen molar-refractivity contribution >= 4 is 10.2 Å². The third-order valence-electron chi connectivity index (χ3n) is 3.12. The van der Waals surface area contributed by atoms with E-state index >= 15 is 0 Å². The Balaban J connectivity index is 2.28. The van der Waals surface area contributed by atoms with Gasteiger partial charge in [-0.25, -0.2) is 0 Å². The zero-order chi connectivity index (χ0) is 13.3. The highest BCUT2D eigenvalue weighted by Gasteiger charge is 2.37. The molecule has 2 heterocycles. The minimum atomic E-state index is -3.42. The SMILES string of the molecule is CN(C)S(=O)(=O)N1CCC[C@H]1c1cc(CO)[nH]n1. The molecule has 1 aliphatic heterocycles. The van der Waals surface area contributed by atoms with Gasteiger partial charge in [-0.1, -0.05) is 0 Å². The van der Waals surface area contributed by atoms with Crippen molar-refractivity contribution in [2.24, 2.45) is 0 Å². The van der Waals surface area contributed by atoms with Gasteiger partial charge in [-0.05, 0) is 18.9 Å². The van der Waals surface area contributed by atoms with Gasteiger partial charge < -0.3 is 5.11 Å². The molecule has 8 heteroatoms. The summed E-state index contributed by atoms with van der Waals surface area (Å²) in [5.74, 6) is 0. The molecule has 0 aliphatic carbocycles. The fourth-order valence-electron chi connectivity index (χ4n) is 2.15. The van der Waals surface area contributed by atoms with E-state index in [1.807, 2.05) is 0 Å². The minimum Gasteiger partial charge on any atom is -0.390 e. The number of nitrogens with zero attached hydrogens (tertiary/aromatic N) is 3. The Morgan fingerprint density at radius 1 is 1.61 bits per heavy atom. The van der Waals surface area contributed by atoms with Gasteiger partial charge in [0.1, 0.15) is 0 Å². The molecule has 7 nitrogen and oxygen atoms in total. The van der Waals surface area contributed by atoms with Crippen molar-refractivity contribution in [3.63, 3.8) is 0 Å². The van der Waals surface area contributed by atoms with E-state index in [1.165, 1.54) is 22.7 Å². The second kappa shape index (κ2) is 4.96. The third kappa shape index (κ3) is 2.28. The number of rotatable bonds is 4. The first-order valence-electron chi connectivity index (χ1n) is 5.81. The van der Waals surface area contributed by atoms with Crippen molar-refractivity contribution in [1.82, 2.24) is 18.8 Å². The van der Waals surface area contributed by atoms with Gasteiger partial charge in [0.2, 0.25) is 0 Å². The largest absolute Gasteiger partial charge is 0.390 e. The van der Waals surface area contributed by atoms with E-state index in [2.05, 4.69) is 10.2 Å². The van der Waals surface area contributed by atoms with Crippen molar-refractivity contribution < 1.29 is 13.5 Å². The topological polar surface area (TPSA) is 89.5 Å². The summed E-state index contributed by atoms with van der Waals surface area (Å²) in [5, 5.41) is 15.8. The van der Waals surface area contributed by atoms with Gasteiger partial charge in [0.05, 0.1) is 24.0 Å². The van der Waals surface area contributed by atoms with Gasteiger partial charge in [0.25, 0.3) is 10.2 Å². The molecule has 0 spiro atoms. The highest BCUT2D eigenvalue weighted by atomic mass is 32.2. The van der Waals surface area contributed by atoms with Crippen LogP contribution in [-0.2, 0) is 16.8 Å². The lowest BCUT2D eigenvalue weighted by Gasteiger charge is -2.25. The van der Waals surface area contributed by atoms with Crippen LogP contribution >= 0.6 is 0 Å². The average molecular weight is 274 g/mol. The Hall–Kier alpha value is -0.960. The summed E-state index contributed by atoms with van der Waals surface area (Å²) in [6.07, 6.45) is 1.57. The molecule has 1 aliphatic rings. The molecule has 0 saturated carbocycles. The third-order valence-corrected chi connectivity index (χ3v) is 5.08. The van der Waals surface area contributed by atoms with Crippen LogP contribution in [-0.4, -0.2) is 53.0 Å². The van der Waals surface area contributed by atoms with E-state index in [0.717, 1.165) is 12.8 Å². The molecule has 1 fully saturated rings. The van der Waals surface area contributed by atoms with Gasteiger partial charge in [0, 0.05) is 20.6 Å². The molecule has 0 radical (unpaired) electrons. The molecule has 102 valence electrons. The van der Waals surface area contributed by atoms with Gasteiger partial charge in [0.15, 0.2) is 0 Å². The Kier molecular flexibility index (Phi) is 3.71. The summed E-state index contributed by atoms with van der Waals surface area (Å²) in [6.45, 7) is 0.382. The van der Waals surface area contributed by atoms with Crippen molar-refractivity contribution in [1.29, 1.82) is 0 Å². The summed E-state index contributed by atoms with van der Waals surface area (Å²) in [4.78, 5) is 0. The molecule has 2 rings (SSSR count). The van der Waals surface area contributed by atoms with E-state index in [0.29, 0.717) is 17.9 Å². The van der Waals surface area contributed by atoms with E-state index in [4.69, 9.17) is 5.11 Å². The number of aliphatic hydroxyl groups excluding tert-OH is 1. The first kappa shape index (κ1) is 13.5. The van der Waals surface area contributed by atoms with Crippen LogP contribution in [0.25, 0.3) is 0 Å². The standard InChI is InChI=1S/C10H18N4O3S/c1-13(2)18(16,17)14-5-3-4-10(14)9-6-8(7-15)11-12-9/h6,10,15H,3-5,7H2,1-2H3,(H,11,12)/t10-/m0/s1. The first-order valence-corrected chi connectivity index (χ1v) is 7.21. The second-order valence-corrected chi connectivity index (χ2v) is 6.63. The molecule has 2 N–H and O–H groups in total. The monoisotopic (exact) mass is 274 g/mol. The lowest BCUT2D eigenvalue weighted by molar-refractivity contribution is 0.276. The molecule has 1 saturated heterocycles. The van der Waals surface area contributed by atoms with Gasteiger partial charge in [-0.2, -0.15) is 22.1 Å². The van der Waals surface area contributed by atoms with E-state index in [9.17, 15) is 8.42 Å². The van der Waals surface area contributed by atoms with E-state index in [-0.39, 0.29) is 12.6 Å². The normalized spacial score (nSPS) is 21.9. The van der Waals surface area contributed by atoms with E-state index < -0.39 is 10.2 Å². The smallest absolute Gasteiger partial charge is 0.282 e. The molecule has 1 atom stereocenters. The fraction of sp³-hybridized carbons (Fsp3) is 0.700. The second-order valence-electron chi connectivity index (χ2n) is 4.54. The van der Waals surface area contributed by atoms with Crippen LogP contribution in [0.5, 0.6) is 0 Å². The molecular formula is C10H18N4O3S. The number of aromatic amines is 1. The van der Waals surface area contributed by atoms with Crippen molar-refractivity contribution in [2.45, 2.75) is 25.5 Å². The number of aliphatic hydroxyl groups is 1. The maximum atomic E-state index is 12.2. The summed E-state index contributed by atoms with van der Waals surface area (Å²) in [5.41, 5.74) is 1.26. The zero-order valence-corrected chi connectivity index (χ0v) is 11.3. The summed E-state index contributed by atoms with van der Waals surface area (Å²) >= 11 is 0. The maximum absolute atomic E-state index is 12.2. The average Bonchev–Trinajstić information content (AvgIpc) is 2.97. The highest BCUT2D eigenvalue weighted by Crippen LogP contribution is 2.33. The van der Waals surface area contributed by atoms with Crippen LogP contribution in [0, 0.1) is 0 Å². The zero-order valence-electron chi connectivity index (χ0n) is 10.5. The Morgan fingerprint density at radius 2 is 2.33 bits per heavy atom. The molecule has 0 bridgehead atoms. The number of nitrogens with one attached hydrogen (secondary N) is 1. The summed E-state index contributed by atoms with van der Waals surface area (Å²) < 4.78 is 27.0. The molecule has 0 amide bonds. The van der Waals surface area contributed by atoms with Gasteiger partial charge in [-0.3, -0.25) is 5.10 Å². The van der Waals surface area contributed by atoms with Crippen LogP contribution in [0.4, 0.5) is 0 Å². The summed E-state index contributed by atoms with van der Waals surface area (Å²) in [7, 11) is -0.377. The Bertz CT molecular complexity index is 511. The molecular weight excluding hydrogens is 256 g/mol. The van der Waals surface area contributed by atoms with Gasteiger partial charge in [-0.15, -0.1) is 0 Å². The number of hydrogen-bond acceptors (Lipinski definition) is 4. The Morgan fingerprint density at radius 3 is 2.89 bits per heavy atom. The predicted octanol–water partition coefficient (Wildman–Crippen LogP) is -0.155. The molecule has 1 aromatic heterocycles. The van der Waals surface area contributed by atoms with Crippen LogP contribution in [0.15, 0.2) is 6.07 Å². The van der Waals surface area contributed by atoms with Crippen molar-refractivity contribution in [2.75, 3.05) is 20.6 Å². The fourth-order valence-corrected chi connectivity index (χ4v) is 3.47. The predicted molar refractivity (Wildman–Crippen MR) is 65.8 cm³/mol. The van der Waals surface area contributed by atoms with Crippen LogP contribution in [0.3, 0.4) is 0 Å². The highest BCUT2D eigenvalue weighted by molar-refractivity contribution is 7.86. The molecule has 0 aromatic carbocycles. The number of H-pyrrole nitrogens is 1. The van der Waals surface area contributed by atoms with Crippen LogP contribution in [0.1, 0.15) is 30.3 Å². The maximum Gasteiger partial charge on any atom is 0.282 e. The quantitative estimate of drug-likeness (QED) is 0.798. The van der Waals surface area contributed by atoms with Crippen LogP contribution < -0.4 is 0 Å². The minimum absolute atomic E-state index is 0.125. The Labute approximate surface area is 107 Å². The van der Waals surface area contributed by atoms with Crippen LogP contribution in [0.2, 0.25) is 0 Å². The first-order chi connectivity index (χ1) is 8.46. The molecule has 1 aromatic rings. The molecule has 18 heavy (non-hydrogen) atoms. The van der Waals surface area contributed by atoms with Crippen molar-refractivity contribution in [3.05, 3.63) is 17.5 Å². The number of hydrogen-bond donors (Lipinski definition) is 2.